The molecule has 7 heteroatoms. The van der Waals surface area contributed by atoms with Crippen LogP contribution in [0.3, 0.4) is 0 Å². The van der Waals surface area contributed by atoms with Gasteiger partial charge in [-0.05, 0) is 59.9 Å². The van der Waals surface area contributed by atoms with Crippen LogP contribution in [0.5, 0.6) is 0 Å². The number of aryl methyl sites for hydroxylation is 1. The predicted octanol–water partition coefficient (Wildman–Crippen LogP) is 6.70. The van der Waals surface area contributed by atoms with Gasteiger partial charge < -0.3 is 5.32 Å². The molecule has 0 unspecified atom stereocenters. The summed E-state index contributed by atoms with van der Waals surface area (Å²) < 4.78 is 39.0. The lowest BCUT2D eigenvalue weighted by Gasteiger charge is -2.13. The monoisotopic (exact) mass is 494 g/mol. The van der Waals surface area contributed by atoms with Gasteiger partial charge in [-0.25, -0.2) is 0 Å². The molecule has 3 nitrogen and oxygen atoms in total. The number of hydrogen-bond donors (Lipinski definition) is 1. The van der Waals surface area contributed by atoms with Crippen molar-refractivity contribution in [1.82, 2.24) is 4.98 Å². The Morgan fingerprint density at radius 1 is 1.09 bits per heavy atom. The number of carbonyl (C=O) groups excluding carboxylic acids is 1. The van der Waals surface area contributed by atoms with E-state index in [4.69, 9.17) is 12.2 Å². The standard InChI is InChI=1S/C28H25F3N2OS/c1-17-6-7-20(11-26(35)10-19-4-3-5-24(9-19)28(29,30)31)8-23(17)15-32-25-13-22-12-21(18(2)34)14-27(22)33-16-25/h3-9,12-13,16,32H,10-11,14-15H2,1-2H3. The third kappa shape index (κ3) is 6.22. The Hall–Kier alpha value is -3.32. The molecule has 0 saturated heterocycles. The number of halogens is 3. The van der Waals surface area contributed by atoms with Crippen LogP contribution in [0.4, 0.5) is 18.9 Å². The van der Waals surface area contributed by atoms with Gasteiger partial charge in [0.25, 0.3) is 0 Å². The molecule has 1 N–H and O–H groups in total. The third-order valence-corrected chi connectivity index (χ3v) is 6.39. The Morgan fingerprint density at radius 3 is 2.54 bits per heavy atom. The Morgan fingerprint density at radius 2 is 1.83 bits per heavy atom. The summed E-state index contributed by atoms with van der Waals surface area (Å²) in [5.74, 6) is 0.0657. The van der Waals surface area contributed by atoms with Crippen molar-refractivity contribution in [2.45, 2.75) is 45.8 Å². The minimum atomic E-state index is -4.36. The molecule has 0 radical (unpaired) electrons. The number of Topliss-reactive ketones (excluding diaryl/α,β-unsaturated/α-hetero) is 1. The minimum Gasteiger partial charge on any atom is -0.380 e. The van der Waals surface area contributed by atoms with Gasteiger partial charge in [0.1, 0.15) is 0 Å². The number of anilines is 1. The maximum Gasteiger partial charge on any atom is 0.416 e. The second-order valence-electron chi connectivity index (χ2n) is 8.87. The zero-order valence-electron chi connectivity index (χ0n) is 19.5. The van der Waals surface area contributed by atoms with Gasteiger partial charge in [-0.15, -0.1) is 0 Å². The fourth-order valence-electron chi connectivity index (χ4n) is 4.12. The number of aromatic nitrogens is 1. The first kappa shape index (κ1) is 24.8. The van der Waals surface area contributed by atoms with Crippen molar-refractivity contribution in [2.75, 3.05) is 5.32 Å². The molecular weight excluding hydrogens is 469 g/mol. The summed E-state index contributed by atoms with van der Waals surface area (Å²) in [6, 6.07) is 13.4. The summed E-state index contributed by atoms with van der Waals surface area (Å²) in [7, 11) is 0. The lowest BCUT2D eigenvalue weighted by atomic mass is 9.99. The van der Waals surface area contributed by atoms with Crippen LogP contribution in [-0.2, 0) is 36.8 Å². The van der Waals surface area contributed by atoms with Crippen LogP contribution in [0.1, 0.15) is 46.0 Å². The normalized spacial score (nSPS) is 12.8. The molecule has 2 aromatic carbocycles. The third-order valence-electron chi connectivity index (χ3n) is 6.10. The van der Waals surface area contributed by atoms with Gasteiger partial charge >= 0.3 is 6.18 Å². The quantitative estimate of drug-likeness (QED) is 0.354. The zero-order chi connectivity index (χ0) is 25.2. The van der Waals surface area contributed by atoms with E-state index in [0.29, 0.717) is 36.2 Å². The van der Waals surface area contributed by atoms with Crippen LogP contribution >= 0.6 is 12.2 Å². The molecule has 1 aromatic heterocycles. The zero-order valence-corrected chi connectivity index (χ0v) is 20.3. The van der Waals surface area contributed by atoms with E-state index in [1.165, 1.54) is 6.07 Å². The SMILES string of the molecule is CC(=O)C1=Cc2cc(NCc3cc(CC(=S)Cc4cccc(C(F)(F)F)c4)ccc3C)cnc2C1. The van der Waals surface area contributed by atoms with Gasteiger partial charge in [0.15, 0.2) is 5.78 Å². The molecule has 1 aliphatic carbocycles. The highest BCUT2D eigenvalue weighted by molar-refractivity contribution is 7.80. The first-order valence-corrected chi connectivity index (χ1v) is 11.7. The van der Waals surface area contributed by atoms with Gasteiger partial charge in [0.05, 0.1) is 23.1 Å². The number of hydrogen-bond acceptors (Lipinski definition) is 4. The number of allylic oxidation sites excluding steroid dienone is 1. The van der Waals surface area contributed by atoms with Crippen LogP contribution in [0, 0.1) is 6.92 Å². The molecule has 0 fully saturated rings. The highest BCUT2D eigenvalue weighted by atomic mass is 32.1. The van der Waals surface area contributed by atoms with Crippen molar-refractivity contribution in [3.63, 3.8) is 0 Å². The van der Waals surface area contributed by atoms with E-state index in [1.54, 1.807) is 19.2 Å². The number of carbonyl (C=O) groups is 1. The van der Waals surface area contributed by atoms with E-state index >= 15 is 0 Å². The molecule has 35 heavy (non-hydrogen) atoms. The van der Waals surface area contributed by atoms with Crippen molar-refractivity contribution in [3.05, 3.63) is 99.4 Å². The lowest BCUT2D eigenvalue weighted by Crippen LogP contribution is -2.09. The van der Waals surface area contributed by atoms with Gasteiger partial charge in [-0.1, -0.05) is 48.6 Å². The summed E-state index contributed by atoms with van der Waals surface area (Å²) in [6.45, 7) is 4.19. The van der Waals surface area contributed by atoms with E-state index < -0.39 is 11.7 Å². The molecule has 0 aliphatic heterocycles. The van der Waals surface area contributed by atoms with Crippen molar-refractivity contribution in [1.29, 1.82) is 0 Å². The molecule has 0 amide bonds. The highest BCUT2D eigenvalue weighted by Gasteiger charge is 2.30. The van der Waals surface area contributed by atoms with Crippen molar-refractivity contribution in [3.8, 4) is 0 Å². The van der Waals surface area contributed by atoms with E-state index in [-0.39, 0.29) is 5.78 Å². The molecule has 0 atom stereocenters. The summed E-state index contributed by atoms with van der Waals surface area (Å²) in [6.07, 6.45) is 0.713. The number of rotatable bonds is 8. The van der Waals surface area contributed by atoms with E-state index in [9.17, 15) is 18.0 Å². The van der Waals surface area contributed by atoms with Crippen LogP contribution in [-0.4, -0.2) is 15.6 Å². The second kappa shape index (κ2) is 10.1. The molecule has 180 valence electrons. The Bertz CT molecular complexity index is 1330. The van der Waals surface area contributed by atoms with Crippen LogP contribution in [0.2, 0.25) is 0 Å². The lowest BCUT2D eigenvalue weighted by molar-refractivity contribution is -0.137. The average Bonchev–Trinajstić information content (AvgIpc) is 3.23. The maximum absolute atomic E-state index is 13.0. The Kier molecular flexibility index (Phi) is 7.17. The minimum absolute atomic E-state index is 0.0657. The topological polar surface area (TPSA) is 42.0 Å². The van der Waals surface area contributed by atoms with E-state index in [1.807, 2.05) is 31.2 Å². The number of benzene rings is 2. The molecular formula is C28H25F3N2OS. The molecule has 4 rings (SSSR count). The fraction of sp³-hybridized carbons (Fsp3) is 0.250. The molecule has 1 heterocycles. The number of ketones is 1. The summed E-state index contributed by atoms with van der Waals surface area (Å²) in [4.78, 5) is 16.8. The average molecular weight is 495 g/mol. The first-order valence-electron chi connectivity index (χ1n) is 11.3. The van der Waals surface area contributed by atoms with Crippen molar-refractivity contribution >= 4 is 34.6 Å². The number of alkyl halides is 3. The first-order chi connectivity index (χ1) is 16.6. The number of pyridine rings is 1. The van der Waals surface area contributed by atoms with Crippen molar-refractivity contribution < 1.29 is 18.0 Å². The van der Waals surface area contributed by atoms with Crippen LogP contribution in [0.15, 0.2) is 60.3 Å². The van der Waals surface area contributed by atoms with E-state index in [2.05, 4.69) is 16.4 Å². The summed E-state index contributed by atoms with van der Waals surface area (Å²) in [5.41, 5.74) is 6.66. The fourth-order valence-corrected chi connectivity index (χ4v) is 4.46. The molecule has 0 spiro atoms. The van der Waals surface area contributed by atoms with Gasteiger partial charge in [-0.3, -0.25) is 9.78 Å². The molecule has 3 aromatic rings. The number of nitrogens with one attached hydrogen (secondary N) is 1. The van der Waals surface area contributed by atoms with Gasteiger partial charge in [0.2, 0.25) is 0 Å². The van der Waals surface area contributed by atoms with Crippen molar-refractivity contribution in [2.24, 2.45) is 0 Å². The largest absolute Gasteiger partial charge is 0.416 e. The maximum atomic E-state index is 13.0. The highest BCUT2D eigenvalue weighted by Crippen LogP contribution is 2.30. The predicted molar refractivity (Wildman–Crippen MR) is 137 cm³/mol. The van der Waals surface area contributed by atoms with E-state index in [0.717, 1.165) is 51.3 Å². The molecule has 1 aliphatic rings. The summed E-state index contributed by atoms with van der Waals surface area (Å²) >= 11 is 5.51. The summed E-state index contributed by atoms with van der Waals surface area (Å²) in [5, 5.41) is 3.40. The number of nitrogens with zero attached hydrogens (tertiary/aromatic N) is 1. The molecule has 0 bridgehead atoms. The number of fused-ring (bicyclic) bond motifs is 1. The Balaban J connectivity index is 1.40. The molecule has 0 saturated carbocycles. The number of thiocarbonyl (C=S) groups is 1. The van der Waals surface area contributed by atoms with Crippen LogP contribution < -0.4 is 5.32 Å². The van der Waals surface area contributed by atoms with Crippen LogP contribution in [0.25, 0.3) is 6.08 Å². The second-order valence-corrected chi connectivity index (χ2v) is 9.44. The van der Waals surface area contributed by atoms with Gasteiger partial charge in [0, 0.05) is 36.2 Å². The smallest absolute Gasteiger partial charge is 0.380 e. The van der Waals surface area contributed by atoms with Gasteiger partial charge in [-0.2, -0.15) is 13.2 Å². The Labute approximate surface area is 208 Å².